The van der Waals surface area contributed by atoms with Crippen LogP contribution in [0.1, 0.15) is 31.5 Å². The number of hydrogen-bond donors (Lipinski definition) is 0. The maximum atomic E-state index is 13.7. The van der Waals surface area contributed by atoms with E-state index < -0.39 is 5.82 Å². The first kappa shape index (κ1) is 20.4. The predicted octanol–water partition coefficient (Wildman–Crippen LogP) is 3.68. The van der Waals surface area contributed by atoms with E-state index in [9.17, 15) is 9.18 Å². The highest BCUT2D eigenvalue weighted by Crippen LogP contribution is 2.21. The number of nitrogens with zero attached hydrogens (tertiary/aromatic N) is 4. The molecule has 0 unspecified atom stereocenters. The molecule has 0 aliphatic carbocycles. The van der Waals surface area contributed by atoms with Crippen LogP contribution in [0.25, 0.3) is 0 Å². The Kier molecular flexibility index (Phi) is 7.47. The van der Waals surface area contributed by atoms with E-state index in [0.717, 1.165) is 25.9 Å². The quantitative estimate of drug-likeness (QED) is 0.496. The van der Waals surface area contributed by atoms with E-state index >= 15 is 0 Å². The summed E-state index contributed by atoms with van der Waals surface area (Å²) in [7, 11) is 0. The number of halogens is 1. The number of ether oxygens (including phenoxy) is 1. The molecule has 6 nitrogen and oxygen atoms in total. The van der Waals surface area contributed by atoms with Crippen molar-refractivity contribution in [2.24, 2.45) is 0 Å². The van der Waals surface area contributed by atoms with Crippen molar-refractivity contribution in [1.82, 2.24) is 19.7 Å². The van der Waals surface area contributed by atoms with Gasteiger partial charge in [0.05, 0.1) is 5.75 Å². The number of hydrogen-bond acceptors (Lipinski definition) is 5. The molecule has 150 valence electrons. The zero-order valence-corrected chi connectivity index (χ0v) is 16.7. The molecule has 2 aromatic rings. The van der Waals surface area contributed by atoms with Crippen LogP contribution in [0.2, 0.25) is 0 Å². The summed E-state index contributed by atoms with van der Waals surface area (Å²) in [6, 6.07) is 6.24. The summed E-state index contributed by atoms with van der Waals surface area (Å²) in [4.78, 5) is 14.5. The Morgan fingerprint density at radius 2 is 1.96 bits per heavy atom. The summed E-state index contributed by atoms with van der Waals surface area (Å²) in [5.41, 5.74) is 0. The molecule has 0 bridgehead atoms. The normalized spacial score (nSPS) is 14.5. The average Bonchev–Trinajstić information content (AvgIpc) is 2.90. The largest absolute Gasteiger partial charge is 0.483 e. The van der Waals surface area contributed by atoms with Crippen LogP contribution in [-0.4, -0.2) is 44.4 Å². The molecule has 1 saturated heterocycles. The number of carbonyl (C=O) groups is 1. The van der Waals surface area contributed by atoms with E-state index in [0.29, 0.717) is 23.3 Å². The molecule has 0 radical (unpaired) electrons. The smallest absolute Gasteiger partial charge is 0.233 e. The van der Waals surface area contributed by atoms with Gasteiger partial charge in [-0.2, -0.15) is 0 Å². The average molecular weight is 405 g/mol. The van der Waals surface area contributed by atoms with Crippen molar-refractivity contribution in [1.29, 1.82) is 0 Å². The van der Waals surface area contributed by atoms with Gasteiger partial charge in [0.15, 0.2) is 22.5 Å². The topological polar surface area (TPSA) is 60.2 Å². The minimum atomic E-state index is -0.421. The fourth-order valence-electron chi connectivity index (χ4n) is 3.09. The van der Waals surface area contributed by atoms with Gasteiger partial charge in [0.2, 0.25) is 5.91 Å². The Hall–Kier alpha value is -2.35. The molecule has 28 heavy (non-hydrogen) atoms. The summed E-state index contributed by atoms with van der Waals surface area (Å²) in [6.07, 6.45) is 6.25. The Labute approximate surface area is 168 Å². The van der Waals surface area contributed by atoms with Gasteiger partial charge in [-0.25, -0.2) is 4.39 Å². The lowest BCUT2D eigenvalue weighted by atomic mass is 10.2. The second kappa shape index (κ2) is 10.3. The highest BCUT2D eigenvalue weighted by atomic mass is 32.2. The third-order valence-electron chi connectivity index (χ3n) is 4.58. The van der Waals surface area contributed by atoms with Crippen LogP contribution in [0.5, 0.6) is 5.75 Å². The van der Waals surface area contributed by atoms with E-state index in [2.05, 4.69) is 16.8 Å². The SMILES string of the molecule is C=CCn1c(COc2ccccc2F)nnc1SCC(=O)N1CCCCCC1. The number of likely N-dealkylation sites (tertiary alicyclic amines) is 1. The fourth-order valence-corrected chi connectivity index (χ4v) is 3.96. The molecule has 1 aromatic heterocycles. The molecule has 0 saturated carbocycles. The van der Waals surface area contributed by atoms with E-state index in [1.54, 1.807) is 24.3 Å². The van der Waals surface area contributed by atoms with Crippen LogP contribution < -0.4 is 4.74 Å². The van der Waals surface area contributed by atoms with Crippen molar-refractivity contribution >= 4 is 17.7 Å². The van der Waals surface area contributed by atoms with Gasteiger partial charge in [-0.1, -0.05) is 42.8 Å². The van der Waals surface area contributed by atoms with E-state index in [-0.39, 0.29) is 18.3 Å². The number of rotatable bonds is 8. The summed E-state index contributed by atoms with van der Waals surface area (Å²) in [6.45, 7) is 6.01. The third-order valence-corrected chi connectivity index (χ3v) is 5.53. The number of carbonyl (C=O) groups excluding carboxylic acids is 1. The van der Waals surface area contributed by atoms with Crippen LogP contribution in [0.3, 0.4) is 0 Å². The number of para-hydroxylation sites is 1. The van der Waals surface area contributed by atoms with Gasteiger partial charge in [-0.3, -0.25) is 9.36 Å². The molecule has 1 aromatic carbocycles. The zero-order valence-electron chi connectivity index (χ0n) is 15.8. The van der Waals surface area contributed by atoms with E-state index in [4.69, 9.17) is 4.74 Å². The van der Waals surface area contributed by atoms with Gasteiger partial charge in [0.1, 0.15) is 6.61 Å². The lowest BCUT2D eigenvalue weighted by Gasteiger charge is -2.19. The highest BCUT2D eigenvalue weighted by molar-refractivity contribution is 7.99. The molecule has 3 rings (SSSR count). The van der Waals surface area contributed by atoms with Gasteiger partial charge < -0.3 is 9.64 Å². The predicted molar refractivity (Wildman–Crippen MR) is 107 cm³/mol. The summed E-state index contributed by atoms with van der Waals surface area (Å²) in [5.74, 6) is 0.761. The van der Waals surface area contributed by atoms with Gasteiger partial charge in [0.25, 0.3) is 0 Å². The number of allylic oxidation sites excluding steroid dienone is 1. The van der Waals surface area contributed by atoms with Gasteiger partial charge in [-0.15, -0.1) is 16.8 Å². The first-order chi connectivity index (χ1) is 13.7. The van der Waals surface area contributed by atoms with Crippen LogP contribution in [0, 0.1) is 5.82 Å². The Bertz CT molecular complexity index is 803. The Morgan fingerprint density at radius 1 is 1.21 bits per heavy atom. The standard InChI is InChI=1S/C20H25FN4O2S/c1-2-11-25-18(14-27-17-10-6-5-9-16(17)21)22-23-20(25)28-15-19(26)24-12-7-3-4-8-13-24/h2,5-6,9-10H,1,3-4,7-8,11-15H2. The molecule has 0 N–H and O–H groups in total. The molecule has 1 aliphatic heterocycles. The maximum absolute atomic E-state index is 13.7. The van der Waals surface area contributed by atoms with Crippen molar-refractivity contribution < 1.29 is 13.9 Å². The molecule has 0 atom stereocenters. The third kappa shape index (κ3) is 5.34. The Balaban J connectivity index is 1.62. The van der Waals surface area contributed by atoms with E-state index in [1.807, 2.05) is 9.47 Å². The van der Waals surface area contributed by atoms with Gasteiger partial charge >= 0.3 is 0 Å². The Morgan fingerprint density at radius 3 is 2.68 bits per heavy atom. The monoisotopic (exact) mass is 404 g/mol. The summed E-state index contributed by atoms with van der Waals surface area (Å²) < 4.78 is 21.1. The van der Waals surface area contributed by atoms with Crippen LogP contribution in [-0.2, 0) is 17.9 Å². The van der Waals surface area contributed by atoms with Gasteiger partial charge in [-0.05, 0) is 25.0 Å². The second-order valence-corrected chi connectivity index (χ2v) is 7.54. The molecule has 0 spiro atoms. The second-order valence-electron chi connectivity index (χ2n) is 6.60. The van der Waals surface area contributed by atoms with Crippen molar-refractivity contribution in [3.8, 4) is 5.75 Å². The lowest BCUT2D eigenvalue weighted by Crippen LogP contribution is -2.33. The molecule has 1 amide bonds. The molecule has 1 fully saturated rings. The van der Waals surface area contributed by atoms with Crippen molar-refractivity contribution in [3.05, 3.63) is 48.6 Å². The van der Waals surface area contributed by atoms with E-state index in [1.165, 1.54) is 30.7 Å². The molecule has 8 heteroatoms. The lowest BCUT2D eigenvalue weighted by molar-refractivity contribution is -0.128. The molecule has 2 heterocycles. The fraction of sp³-hybridized carbons (Fsp3) is 0.450. The molecule has 1 aliphatic rings. The van der Waals surface area contributed by atoms with Crippen molar-refractivity contribution in [3.63, 3.8) is 0 Å². The zero-order chi connectivity index (χ0) is 19.8. The number of thioether (sulfide) groups is 1. The van der Waals surface area contributed by atoms with Crippen molar-refractivity contribution in [2.75, 3.05) is 18.8 Å². The number of amides is 1. The summed E-state index contributed by atoms with van der Waals surface area (Å²) >= 11 is 1.36. The maximum Gasteiger partial charge on any atom is 0.233 e. The minimum Gasteiger partial charge on any atom is -0.483 e. The number of benzene rings is 1. The molecular weight excluding hydrogens is 379 g/mol. The van der Waals surface area contributed by atoms with Gasteiger partial charge in [0, 0.05) is 19.6 Å². The number of aromatic nitrogens is 3. The summed E-state index contributed by atoms with van der Waals surface area (Å²) in [5, 5.41) is 8.98. The van der Waals surface area contributed by atoms with Crippen LogP contribution in [0.15, 0.2) is 42.1 Å². The minimum absolute atomic E-state index is 0.0857. The molecular formula is C20H25FN4O2S. The highest BCUT2D eigenvalue weighted by Gasteiger charge is 2.18. The first-order valence-corrected chi connectivity index (χ1v) is 10.5. The first-order valence-electron chi connectivity index (χ1n) is 9.50. The van der Waals surface area contributed by atoms with Crippen molar-refractivity contribution in [2.45, 2.75) is 44.0 Å². The van der Waals surface area contributed by atoms with Crippen LogP contribution >= 0.6 is 11.8 Å². The van der Waals surface area contributed by atoms with Crippen LogP contribution in [0.4, 0.5) is 4.39 Å².